The minimum Gasteiger partial charge on any atom is -0.465 e. The van der Waals surface area contributed by atoms with E-state index in [-0.39, 0.29) is 11.7 Å². The molecule has 2 heterocycles. The quantitative estimate of drug-likeness (QED) is 0.422. The van der Waals surface area contributed by atoms with Crippen molar-refractivity contribution in [3.8, 4) is 0 Å². The predicted octanol–water partition coefficient (Wildman–Crippen LogP) is 3.23. The molecular formula is C17H20N4O3S2. The van der Waals surface area contributed by atoms with E-state index in [4.69, 9.17) is 4.74 Å². The number of carbonyl (C=O) groups excluding carboxylic acids is 2. The zero-order chi connectivity index (χ0) is 18.7. The minimum absolute atomic E-state index is 0.178. The third-order valence-electron chi connectivity index (χ3n) is 3.85. The Morgan fingerprint density at radius 3 is 2.92 bits per heavy atom. The lowest BCUT2D eigenvalue weighted by molar-refractivity contribution is -0.113. The van der Waals surface area contributed by atoms with Crippen molar-refractivity contribution >= 4 is 40.0 Å². The van der Waals surface area contributed by atoms with Gasteiger partial charge in [0.05, 0.1) is 18.4 Å². The van der Waals surface area contributed by atoms with Crippen molar-refractivity contribution in [3.05, 3.63) is 35.0 Å². The van der Waals surface area contributed by atoms with Gasteiger partial charge in [0.15, 0.2) is 5.16 Å². The van der Waals surface area contributed by atoms with E-state index in [2.05, 4.69) is 22.1 Å². The van der Waals surface area contributed by atoms with Crippen molar-refractivity contribution in [2.45, 2.75) is 37.4 Å². The fourth-order valence-corrected chi connectivity index (χ4v) is 4.18. The van der Waals surface area contributed by atoms with Gasteiger partial charge in [-0.3, -0.25) is 4.79 Å². The molecule has 0 atom stereocenters. The van der Waals surface area contributed by atoms with Crippen molar-refractivity contribution < 1.29 is 14.3 Å². The second kappa shape index (κ2) is 8.05. The van der Waals surface area contributed by atoms with Crippen LogP contribution in [0.5, 0.6) is 0 Å². The number of nitrogens with one attached hydrogen (secondary N) is 1. The Labute approximate surface area is 159 Å². The number of anilines is 1. The molecule has 2 aromatic heterocycles. The number of esters is 1. The number of thiophene rings is 1. The third kappa shape index (κ3) is 4.16. The molecule has 3 rings (SSSR count). The number of rotatable bonds is 8. The average molecular weight is 393 g/mol. The van der Waals surface area contributed by atoms with Gasteiger partial charge in [0, 0.05) is 17.3 Å². The molecular weight excluding hydrogens is 372 g/mol. The maximum atomic E-state index is 12.3. The van der Waals surface area contributed by atoms with E-state index < -0.39 is 5.97 Å². The summed E-state index contributed by atoms with van der Waals surface area (Å²) in [6.45, 7) is 6.28. The van der Waals surface area contributed by atoms with E-state index in [1.807, 2.05) is 11.5 Å². The molecule has 7 nitrogen and oxygen atoms in total. The van der Waals surface area contributed by atoms with Crippen molar-refractivity contribution in [1.82, 2.24) is 14.8 Å². The van der Waals surface area contributed by atoms with Crippen molar-refractivity contribution in [2.24, 2.45) is 0 Å². The van der Waals surface area contributed by atoms with Gasteiger partial charge in [0.2, 0.25) is 5.91 Å². The number of aromatic nitrogens is 3. The zero-order valence-corrected chi connectivity index (χ0v) is 16.3. The molecule has 0 spiro atoms. The smallest absolute Gasteiger partial charge is 0.340 e. The summed E-state index contributed by atoms with van der Waals surface area (Å²) in [5, 5.41) is 12.5. The minimum atomic E-state index is -0.461. The van der Waals surface area contributed by atoms with Gasteiger partial charge in [-0.05, 0) is 25.8 Å². The maximum absolute atomic E-state index is 12.3. The highest BCUT2D eigenvalue weighted by Crippen LogP contribution is 2.40. The predicted molar refractivity (Wildman–Crippen MR) is 102 cm³/mol. The largest absolute Gasteiger partial charge is 0.465 e. The van der Waals surface area contributed by atoms with Crippen LogP contribution in [0.15, 0.2) is 23.9 Å². The van der Waals surface area contributed by atoms with Crippen LogP contribution in [0.1, 0.15) is 39.8 Å². The molecule has 2 aromatic rings. The topological polar surface area (TPSA) is 86.1 Å². The Bertz CT molecular complexity index is 839. The molecule has 0 bridgehead atoms. The van der Waals surface area contributed by atoms with Crippen LogP contribution >= 0.6 is 23.1 Å². The molecule has 1 amide bonds. The second-order valence-corrected chi connectivity index (χ2v) is 8.14. The zero-order valence-electron chi connectivity index (χ0n) is 14.7. The lowest BCUT2D eigenvalue weighted by Crippen LogP contribution is -2.16. The molecule has 0 aliphatic heterocycles. The maximum Gasteiger partial charge on any atom is 0.340 e. The molecule has 9 heteroatoms. The molecule has 0 unspecified atom stereocenters. The van der Waals surface area contributed by atoms with Gasteiger partial charge in [-0.1, -0.05) is 17.8 Å². The first-order valence-corrected chi connectivity index (χ1v) is 9.99. The molecule has 138 valence electrons. The van der Waals surface area contributed by atoms with Crippen LogP contribution < -0.4 is 5.32 Å². The van der Waals surface area contributed by atoms with Crippen LogP contribution in [0.2, 0.25) is 0 Å². The Kier molecular flexibility index (Phi) is 5.77. The lowest BCUT2D eigenvalue weighted by Gasteiger charge is -2.07. The van der Waals surface area contributed by atoms with Crippen LogP contribution in [-0.2, 0) is 16.1 Å². The number of aryl methyl sites for hydroxylation is 1. The molecule has 1 aliphatic carbocycles. The molecule has 1 saturated carbocycles. The molecule has 0 saturated heterocycles. The number of amides is 1. The standard InChI is InChI=1S/C17H20N4O3S2/c1-4-7-21-14(11-5-6-11)19-20-17(21)25-9-13(22)18-15-12(16(23)24-3)8-10(2)26-15/h4,8,11H,1,5-7,9H2,2-3H3,(H,18,22). The van der Waals surface area contributed by atoms with Crippen LogP contribution in [0, 0.1) is 6.92 Å². The van der Waals surface area contributed by atoms with Gasteiger partial charge in [-0.15, -0.1) is 28.1 Å². The van der Waals surface area contributed by atoms with E-state index in [1.54, 1.807) is 12.1 Å². The van der Waals surface area contributed by atoms with Crippen LogP contribution in [0.4, 0.5) is 5.00 Å². The Balaban J connectivity index is 1.65. The number of methoxy groups -OCH3 is 1. The number of ether oxygens (including phenoxy) is 1. The van der Waals surface area contributed by atoms with Gasteiger partial charge in [-0.2, -0.15) is 0 Å². The third-order valence-corrected chi connectivity index (χ3v) is 5.78. The van der Waals surface area contributed by atoms with E-state index >= 15 is 0 Å². The summed E-state index contributed by atoms with van der Waals surface area (Å²) in [5.41, 5.74) is 0.374. The van der Waals surface area contributed by atoms with Crippen molar-refractivity contribution in [1.29, 1.82) is 0 Å². The summed E-state index contributed by atoms with van der Waals surface area (Å²) < 4.78 is 6.77. The first-order valence-electron chi connectivity index (χ1n) is 8.18. The monoisotopic (exact) mass is 392 g/mol. The summed E-state index contributed by atoms with van der Waals surface area (Å²) >= 11 is 2.67. The summed E-state index contributed by atoms with van der Waals surface area (Å²) in [4.78, 5) is 25.0. The Morgan fingerprint density at radius 1 is 1.50 bits per heavy atom. The highest BCUT2D eigenvalue weighted by atomic mass is 32.2. The second-order valence-electron chi connectivity index (χ2n) is 5.94. The molecule has 1 fully saturated rings. The SMILES string of the molecule is C=CCn1c(SCC(=O)Nc2sc(C)cc2C(=O)OC)nnc1C1CC1. The molecule has 1 aliphatic rings. The van der Waals surface area contributed by atoms with Crippen LogP contribution in [-0.4, -0.2) is 39.5 Å². The van der Waals surface area contributed by atoms with Gasteiger partial charge in [-0.25, -0.2) is 4.79 Å². The van der Waals surface area contributed by atoms with Crippen LogP contribution in [0.3, 0.4) is 0 Å². The van der Waals surface area contributed by atoms with Crippen LogP contribution in [0.25, 0.3) is 0 Å². The van der Waals surface area contributed by atoms with Gasteiger partial charge >= 0.3 is 5.97 Å². The molecule has 1 N–H and O–H groups in total. The fraction of sp³-hybridized carbons (Fsp3) is 0.412. The number of nitrogens with zero attached hydrogens (tertiary/aromatic N) is 3. The Morgan fingerprint density at radius 2 is 2.27 bits per heavy atom. The van der Waals surface area contributed by atoms with Gasteiger partial charge in [0.1, 0.15) is 10.8 Å². The summed E-state index contributed by atoms with van der Waals surface area (Å²) in [5.74, 6) is 0.953. The summed E-state index contributed by atoms with van der Waals surface area (Å²) in [7, 11) is 1.32. The van der Waals surface area contributed by atoms with Gasteiger partial charge < -0.3 is 14.6 Å². The first-order chi connectivity index (χ1) is 12.5. The van der Waals surface area contributed by atoms with E-state index in [9.17, 15) is 9.59 Å². The number of hydrogen-bond donors (Lipinski definition) is 1. The number of carbonyl (C=O) groups is 2. The summed E-state index contributed by atoms with van der Waals surface area (Å²) in [6.07, 6.45) is 4.07. The van der Waals surface area contributed by atoms with Crippen molar-refractivity contribution in [3.63, 3.8) is 0 Å². The van der Waals surface area contributed by atoms with E-state index in [0.29, 0.717) is 28.2 Å². The molecule has 0 aromatic carbocycles. The van der Waals surface area contributed by atoms with E-state index in [0.717, 1.165) is 23.5 Å². The normalized spacial score (nSPS) is 13.5. The highest BCUT2D eigenvalue weighted by Gasteiger charge is 2.30. The first kappa shape index (κ1) is 18.7. The number of allylic oxidation sites excluding steroid dienone is 1. The number of hydrogen-bond acceptors (Lipinski definition) is 7. The number of thioether (sulfide) groups is 1. The lowest BCUT2D eigenvalue weighted by atomic mass is 10.3. The Hall–Kier alpha value is -2.13. The molecule has 0 radical (unpaired) electrons. The average Bonchev–Trinajstić information content (AvgIpc) is 3.29. The van der Waals surface area contributed by atoms with Gasteiger partial charge in [0.25, 0.3) is 0 Å². The van der Waals surface area contributed by atoms with Crippen molar-refractivity contribution in [2.75, 3.05) is 18.2 Å². The molecule has 26 heavy (non-hydrogen) atoms. The fourth-order valence-electron chi connectivity index (χ4n) is 2.51. The summed E-state index contributed by atoms with van der Waals surface area (Å²) in [6, 6.07) is 1.71. The highest BCUT2D eigenvalue weighted by molar-refractivity contribution is 7.99. The van der Waals surface area contributed by atoms with E-state index in [1.165, 1.54) is 30.2 Å².